The van der Waals surface area contributed by atoms with Gasteiger partial charge in [-0.1, -0.05) is 37.3 Å². The number of nitrogens with zero attached hydrogens (tertiary/aromatic N) is 2. The molecule has 0 bridgehead atoms. The summed E-state index contributed by atoms with van der Waals surface area (Å²) in [4.78, 5) is 28.3. The number of nitrogens with one attached hydrogen (secondary N) is 1. The number of rotatable bonds is 4. The molecule has 1 aliphatic heterocycles. The van der Waals surface area contributed by atoms with Crippen LogP contribution in [0.5, 0.6) is 0 Å². The lowest BCUT2D eigenvalue weighted by Crippen LogP contribution is -2.63. The first-order chi connectivity index (χ1) is 10.7. The van der Waals surface area contributed by atoms with E-state index in [1.807, 2.05) is 0 Å². The van der Waals surface area contributed by atoms with E-state index in [0.717, 1.165) is 11.8 Å². The molecule has 0 unspecified atom stereocenters. The van der Waals surface area contributed by atoms with Gasteiger partial charge in [-0.15, -0.1) is 0 Å². The highest BCUT2D eigenvalue weighted by Crippen LogP contribution is 2.38. The summed E-state index contributed by atoms with van der Waals surface area (Å²) in [5, 5.41) is 1.69. The second kappa shape index (κ2) is 6.02. The molecule has 0 fully saturated rings. The normalized spacial score (nSPS) is 21.3. The van der Waals surface area contributed by atoms with Gasteiger partial charge >= 0.3 is 11.8 Å². The minimum atomic E-state index is -5.04. The minimum absolute atomic E-state index is 0.0734. The molecule has 8 heteroatoms. The van der Waals surface area contributed by atoms with Crippen LogP contribution in [0.15, 0.2) is 35.3 Å². The molecule has 0 spiro atoms. The van der Waals surface area contributed by atoms with Crippen LogP contribution in [0, 0.1) is 0 Å². The molecule has 124 valence electrons. The molecule has 1 heterocycles. The van der Waals surface area contributed by atoms with Crippen LogP contribution in [0.3, 0.4) is 0 Å². The first-order valence-corrected chi connectivity index (χ1v) is 7.05. The molecule has 0 saturated carbocycles. The van der Waals surface area contributed by atoms with E-state index in [-0.39, 0.29) is 12.4 Å². The van der Waals surface area contributed by atoms with E-state index in [4.69, 9.17) is 0 Å². The highest BCUT2D eigenvalue weighted by Gasteiger charge is 2.66. The smallest absolute Gasteiger partial charge is 0.317 e. The average Bonchev–Trinajstić information content (AvgIpc) is 2.74. The van der Waals surface area contributed by atoms with Gasteiger partial charge in [-0.05, 0) is 6.42 Å². The minimum Gasteiger partial charge on any atom is -0.317 e. The van der Waals surface area contributed by atoms with E-state index in [1.54, 1.807) is 42.6 Å². The third-order valence-corrected chi connectivity index (χ3v) is 3.33. The number of carbonyl (C=O) groups excluding carboxylic acids is 2. The molecule has 0 aromatic heterocycles. The molecule has 1 aliphatic rings. The summed E-state index contributed by atoms with van der Waals surface area (Å²) in [6.45, 7) is 2.73. The van der Waals surface area contributed by atoms with Gasteiger partial charge in [-0.3, -0.25) is 14.5 Å². The maximum absolute atomic E-state index is 13.6. The van der Waals surface area contributed by atoms with Crippen LogP contribution in [-0.4, -0.2) is 40.9 Å². The van der Waals surface area contributed by atoms with E-state index in [9.17, 15) is 22.8 Å². The van der Waals surface area contributed by atoms with Crippen molar-refractivity contribution in [2.24, 2.45) is 4.99 Å². The second-order valence-electron chi connectivity index (χ2n) is 5.15. The Morgan fingerprint density at radius 1 is 1.30 bits per heavy atom. The van der Waals surface area contributed by atoms with E-state index in [1.165, 1.54) is 0 Å². The van der Waals surface area contributed by atoms with Gasteiger partial charge in [-0.2, -0.15) is 13.2 Å². The van der Waals surface area contributed by atoms with Crippen LogP contribution < -0.4 is 5.32 Å². The monoisotopic (exact) mass is 327 g/mol. The third kappa shape index (κ3) is 2.93. The second-order valence-corrected chi connectivity index (χ2v) is 5.15. The molecule has 0 saturated heterocycles. The van der Waals surface area contributed by atoms with Gasteiger partial charge in [0, 0.05) is 19.0 Å². The number of halogens is 3. The Kier molecular flexibility index (Phi) is 4.44. The van der Waals surface area contributed by atoms with Gasteiger partial charge in [0.05, 0.1) is 0 Å². The summed E-state index contributed by atoms with van der Waals surface area (Å²) in [5.74, 6) is -2.37. The van der Waals surface area contributed by atoms with E-state index in [2.05, 4.69) is 4.99 Å². The fraction of sp³-hybridized carbons (Fsp3) is 0.400. The topological polar surface area (TPSA) is 61.8 Å². The molecular formula is C15H16F3N3O2. The van der Waals surface area contributed by atoms with Gasteiger partial charge in [0.25, 0.3) is 5.91 Å². The number of amides is 2. The van der Waals surface area contributed by atoms with Crippen LogP contribution in [-0.2, 0) is 9.59 Å². The zero-order chi connectivity index (χ0) is 17.3. The molecule has 1 N–H and O–H groups in total. The van der Waals surface area contributed by atoms with Crippen LogP contribution in [0.1, 0.15) is 25.8 Å². The fourth-order valence-electron chi connectivity index (χ4n) is 2.39. The van der Waals surface area contributed by atoms with Gasteiger partial charge in [0.15, 0.2) is 0 Å². The van der Waals surface area contributed by atoms with Crippen LogP contribution in [0.4, 0.5) is 13.2 Å². The first kappa shape index (κ1) is 17.0. The highest BCUT2D eigenvalue weighted by molar-refractivity contribution is 6.16. The Hall–Kier alpha value is -2.38. The summed E-state index contributed by atoms with van der Waals surface area (Å²) >= 11 is 0. The Morgan fingerprint density at radius 2 is 1.91 bits per heavy atom. The molecule has 5 nitrogen and oxygen atoms in total. The zero-order valence-corrected chi connectivity index (χ0v) is 12.6. The van der Waals surface area contributed by atoms with Crippen LogP contribution >= 0.6 is 0 Å². The Morgan fingerprint density at radius 3 is 2.39 bits per heavy atom. The third-order valence-electron chi connectivity index (χ3n) is 3.33. The number of aliphatic imine (C=N–C) groups is 1. The van der Waals surface area contributed by atoms with Crippen molar-refractivity contribution in [1.29, 1.82) is 0 Å². The predicted octanol–water partition coefficient (Wildman–Crippen LogP) is 2.08. The van der Waals surface area contributed by atoms with Crippen LogP contribution in [0.2, 0.25) is 0 Å². The number of amidine groups is 1. The molecule has 1 aromatic carbocycles. The molecular weight excluding hydrogens is 311 g/mol. The molecule has 2 rings (SSSR count). The largest absolute Gasteiger partial charge is 0.442 e. The predicted molar refractivity (Wildman–Crippen MR) is 77.6 cm³/mol. The lowest BCUT2D eigenvalue weighted by molar-refractivity contribution is -0.199. The summed E-state index contributed by atoms with van der Waals surface area (Å²) in [7, 11) is 0. The Labute approximate surface area is 131 Å². The number of carbonyl (C=O) groups is 2. The SMILES string of the molecule is CCCN1C(=O)[C@@](NC(C)=O)(C(F)(F)F)N=C1c1ccccc1. The first-order valence-electron chi connectivity index (χ1n) is 7.05. The van der Waals surface area contributed by atoms with Gasteiger partial charge < -0.3 is 5.32 Å². The van der Waals surface area contributed by atoms with Crippen molar-refractivity contribution in [2.75, 3.05) is 6.54 Å². The molecule has 2 amide bonds. The van der Waals surface area contributed by atoms with Crippen LogP contribution in [0.25, 0.3) is 0 Å². The van der Waals surface area contributed by atoms with Crippen molar-refractivity contribution in [1.82, 2.24) is 10.2 Å². The summed E-state index contributed by atoms with van der Waals surface area (Å²) in [5.41, 5.74) is -2.88. The van der Waals surface area contributed by atoms with Crippen molar-refractivity contribution in [3.05, 3.63) is 35.9 Å². The van der Waals surface area contributed by atoms with Crippen molar-refractivity contribution < 1.29 is 22.8 Å². The van der Waals surface area contributed by atoms with E-state index >= 15 is 0 Å². The van der Waals surface area contributed by atoms with Crippen molar-refractivity contribution >= 4 is 17.6 Å². The van der Waals surface area contributed by atoms with E-state index in [0.29, 0.717) is 12.0 Å². The maximum atomic E-state index is 13.6. The fourth-order valence-corrected chi connectivity index (χ4v) is 2.39. The average molecular weight is 327 g/mol. The Bertz CT molecular complexity index is 643. The standard InChI is InChI=1S/C15H16F3N3O2/c1-3-9-21-12(11-7-5-4-6-8-11)20-14(13(21)23,15(16,17)18)19-10(2)22/h4-8H,3,9H2,1-2H3,(H,19,22)/t14-/m0/s1. The van der Waals surface area contributed by atoms with Crippen molar-refractivity contribution in [3.8, 4) is 0 Å². The molecule has 23 heavy (non-hydrogen) atoms. The summed E-state index contributed by atoms with van der Waals surface area (Å²) in [6.07, 6.45) is -4.59. The van der Waals surface area contributed by atoms with Gasteiger partial charge in [-0.25, -0.2) is 4.99 Å². The lowest BCUT2D eigenvalue weighted by Gasteiger charge is -2.28. The van der Waals surface area contributed by atoms with Crippen molar-refractivity contribution in [2.45, 2.75) is 32.1 Å². The maximum Gasteiger partial charge on any atom is 0.442 e. The molecule has 0 radical (unpaired) electrons. The molecule has 1 aromatic rings. The lowest BCUT2D eigenvalue weighted by atomic mass is 10.1. The molecule has 0 aliphatic carbocycles. The number of benzene rings is 1. The van der Waals surface area contributed by atoms with Gasteiger partial charge in [0.2, 0.25) is 5.91 Å². The quantitative estimate of drug-likeness (QED) is 0.920. The summed E-state index contributed by atoms with van der Waals surface area (Å²) < 4.78 is 40.7. The highest BCUT2D eigenvalue weighted by atomic mass is 19.4. The van der Waals surface area contributed by atoms with E-state index < -0.39 is 23.7 Å². The summed E-state index contributed by atoms with van der Waals surface area (Å²) in [6, 6.07) is 8.11. The number of alkyl halides is 3. The van der Waals surface area contributed by atoms with Gasteiger partial charge in [0.1, 0.15) is 5.84 Å². The number of hydrogen-bond acceptors (Lipinski definition) is 3. The number of hydrogen-bond donors (Lipinski definition) is 1. The van der Waals surface area contributed by atoms with Crippen molar-refractivity contribution in [3.63, 3.8) is 0 Å². The Balaban J connectivity index is 2.61. The zero-order valence-electron chi connectivity index (χ0n) is 12.6. The molecule has 1 atom stereocenters.